The van der Waals surface area contributed by atoms with Crippen LogP contribution in [0.3, 0.4) is 0 Å². The maximum Gasteiger partial charge on any atom is 0.202 e. The molecule has 1 aliphatic rings. The third-order valence-corrected chi connectivity index (χ3v) is 6.75. The predicted octanol–water partition coefficient (Wildman–Crippen LogP) is 8.06. The molecule has 0 aliphatic heterocycles. The molecule has 3 nitrogen and oxygen atoms in total. The average Bonchev–Trinajstić information content (AvgIpc) is 2.81. The van der Waals surface area contributed by atoms with Crippen molar-refractivity contribution in [1.29, 1.82) is 0 Å². The second-order valence-electron chi connectivity index (χ2n) is 9.89. The second kappa shape index (κ2) is 14.7. The molecule has 0 amide bonds. The fourth-order valence-corrected chi connectivity index (χ4v) is 4.67. The van der Waals surface area contributed by atoms with Gasteiger partial charge in [-0.1, -0.05) is 72.2 Å². The van der Waals surface area contributed by atoms with E-state index in [9.17, 15) is 4.79 Å². The van der Waals surface area contributed by atoms with E-state index < -0.39 is 0 Å². The van der Waals surface area contributed by atoms with Crippen LogP contribution in [0.4, 0.5) is 0 Å². The molecule has 0 bridgehead atoms. The van der Waals surface area contributed by atoms with Crippen LogP contribution in [0.1, 0.15) is 85.1 Å². The van der Waals surface area contributed by atoms with Crippen LogP contribution in [0.5, 0.6) is 0 Å². The molecule has 0 aromatic heterocycles. The zero-order valence-electron chi connectivity index (χ0n) is 22.2. The molecule has 0 radical (unpaired) electrons. The average molecular weight is 464 g/mol. The summed E-state index contributed by atoms with van der Waals surface area (Å²) in [5.74, 6) is 1.01. The highest BCUT2D eigenvalue weighted by molar-refractivity contribution is 5.97. The standard InChI is InChI=1S/C31H45NO2/c1-7-28-27(20-19-25(5)16-12-15-24(4)14-11-13-23(2)3)21-29(31(34-6)30(28)33)32-22-26-17-9-8-10-18-26/h8-10,13,15,17-19,27-28,32H,7,11-12,14,16,20-22H2,1-6H3/b24-15+,25-19+/t27-,28?/m1/s1. The molecular weight excluding hydrogens is 418 g/mol. The number of hydrogen-bond acceptors (Lipinski definition) is 3. The molecule has 1 aromatic rings. The van der Waals surface area contributed by atoms with Crippen molar-refractivity contribution in [3.05, 3.63) is 82.3 Å². The Labute approximate surface area is 208 Å². The molecular formula is C31H45NO2. The van der Waals surface area contributed by atoms with Crippen LogP contribution < -0.4 is 5.32 Å². The zero-order valence-corrected chi connectivity index (χ0v) is 22.2. The minimum Gasteiger partial charge on any atom is -0.491 e. The van der Waals surface area contributed by atoms with Crippen molar-refractivity contribution in [2.75, 3.05) is 7.11 Å². The first-order valence-corrected chi connectivity index (χ1v) is 12.9. The van der Waals surface area contributed by atoms with Gasteiger partial charge in [-0.25, -0.2) is 0 Å². The Bertz CT molecular complexity index is 901. The van der Waals surface area contributed by atoms with Gasteiger partial charge in [0.25, 0.3) is 0 Å². The van der Waals surface area contributed by atoms with Crippen LogP contribution in [0, 0.1) is 11.8 Å². The summed E-state index contributed by atoms with van der Waals surface area (Å²) in [6, 6.07) is 10.3. The van der Waals surface area contributed by atoms with Gasteiger partial charge in [0, 0.05) is 12.5 Å². The Morgan fingerprint density at radius 1 is 1.00 bits per heavy atom. The molecule has 1 aliphatic carbocycles. The third-order valence-electron chi connectivity index (χ3n) is 6.75. The third kappa shape index (κ3) is 9.00. The lowest BCUT2D eigenvalue weighted by Crippen LogP contribution is -2.35. The second-order valence-corrected chi connectivity index (χ2v) is 9.89. The first-order chi connectivity index (χ1) is 16.3. The Morgan fingerprint density at radius 2 is 1.65 bits per heavy atom. The topological polar surface area (TPSA) is 38.3 Å². The Morgan fingerprint density at radius 3 is 2.26 bits per heavy atom. The van der Waals surface area contributed by atoms with Crippen molar-refractivity contribution >= 4 is 5.78 Å². The van der Waals surface area contributed by atoms with Crippen molar-refractivity contribution in [2.45, 2.75) is 86.1 Å². The van der Waals surface area contributed by atoms with E-state index in [0.29, 0.717) is 18.2 Å². The molecule has 3 heteroatoms. The lowest BCUT2D eigenvalue weighted by molar-refractivity contribution is -0.125. The van der Waals surface area contributed by atoms with Gasteiger partial charge in [-0.15, -0.1) is 0 Å². The van der Waals surface area contributed by atoms with E-state index in [0.717, 1.165) is 50.6 Å². The van der Waals surface area contributed by atoms with Gasteiger partial charge in [-0.2, -0.15) is 0 Å². The highest BCUT2D eigenvalue weighted by Gasteiger charge is 2.36. The molecule has 0 saturated carbocycles. The summed E-state index contributed by atoms with van der Waals surface area (Å²) >= 11 is 0. The summed E-state index contributed by atoms with van der Waals surface area (Å²) in [6.07, 6.45) is 14.1. The van der Waals surface area contributed by atoms with Crippen LogP contribution in [-0.2, 0) is 16.1 Å². The van der Waals surface area contributed by atoms with Crippen molar-refractivity contribution < 1.29 is 9.53 Å². The molecule has 1 N–H and O–H groups in total. The Hall–Kier alpha value is -2.55. The number of rotatable bonds is 13. The van der Waals surface area contributed by atoms with Gasteiger partial charge in [0.05, 0.1) is 12.8 Å². The van der Waals surface area contributed by atoms with E-state index in [-0.39, 0.29) is 11.7 Å². The van der Waals surface area contributed by atoms with Crippen LogP contribution in [0.25, 0.3) is 0 Å². The van der Waals surface area contributed by atoms with Gasteiger partial charge in [-0.05, 0) is 84.1 Å². The van der Waals surface area contributed by atoms with Crippen molar-refractivity contribution in [3.63, 3.8) is 0 Å². The number of ether oxygens (including phenoxy) is 1. The van der Waals surface area contributed by atoms with Crippen LogP contribution in [0.2, 0.25) is 0 Å². The van der Waals surface area contributed by atoms with Gasteiger partial charge < -0.3 is 10.1 Å². The molecule has 1 aromatic carbocycles. The minimum absolute atomic E-state index is 0.0264. The van der Waals surface area contributed by atoms with E-state index in [1.807, 2.05) is 18.2 Å². The number of Topliss-reactive ketones (excluding diaryl/α,β-unsaturated/α-hetero) is 1. The summed E-state index contributed by atoms with van der Waals surface area (Å²) in [5, 5.41) is 3.50. The molecule has 2 rings (SSSR count). The first-order valence-electron chi connectivity index (χ1n) is 12.9. The SMILES string of the molecule is CCC1C(=O)C(OC)=C(NCc2ccccc2)C[C@H]1C/C=C(\C)CC/C=C(\C)CCC=C(C)C. The fourth-order valence-electron chi connectivity index (χ4n) is 4.67. The van der Waals surface area contributed by atoms with E-state index in [2.05, 4.69) is 70.3 Å². The van der Waals surface area contributed by atoms with Crippen molar-refractivity contribution in [1.82, 2.24) is 5.32 Å². The monoisotopic (exact) mass is 463 g/mol. The number of methoxy groups -OCH3 is 1. The first kappa shape index (κ1) is 27.7. The van der Waals surface area contributed by atoms with Crippen molar-refractivity contribution in [2.24, 2.45) is 11.8 Å². The molecule has 1 unspecified atom stereocenters. The molecule has 0 spiro atoms. The minimum atomic E-state index is 0.0264. The summed E-state index contributed by atoms with van der Waals surface area (Å²) in [4.78, 5) is 13.2. The van der Waals surface area contributed by atoms with Crippen LogP contribution >= 0.6 is 0 Å². The van der Waals surface area contributed by atoms with Gasteiger partial charge in [-0.3, -0.25) is 4.79 Å². The molecule has 34 heavy (non-hydrogen) atoms. The summed E-state index contributed by atoms with van der Waals surface area (Å²) in [5.41, 5.74) is 6.43. The number of carbonyl (C=O) groups excluding carboxylic acids is 1. The molecule has 0 saturated heterocycles. The molecule has 2 atom stereocenters. The van der Waals surface area contributed by atoms with E-state index in [1.165, 1.54) is 22.3 Å². The quantitative estimate of drug-likeness (QED) is 0.301. The smallest absolute Gasteiger partial charge is 0.202 e. The lowest BCUT2D eigenvalue weighted by Gasteiger charge is -2.32. The molecule has 0 heterocycles. The highest BCUT2D eigenvalue weighted by atomic mass is 16.5. The maximum atomic E-state index is 13.2. The van der Waals surface area contributed by atoms with Gasteiger partial charge in [0.15, 0.2) is 5.76 Å². The van der Waals surface area contributed by atoms with Crippen molar-refractivity contribution in [3.8, 4) is 0 Å². The summed E-state index contributed by atoms with van der Waals surface area (Å²) in [6.45, 7) is 11.6. The fraction of sp³-hybridized carbons (Fsp3) is 0.516. The number of carbonyl (C=O) groups is 1. The Kier molecular flexibility index (Phi) is 11.9. The molecule has 0 fully saturated rings. The highest BCUT2D eigenvalue weighted by Crippen LogP contribution is 2.36. The number of hydrogen-bond donors (Lipinski definition) is 1. The van der Waals surface area contributed by atoms with Gasteiger partial charge >= 0.3 is 0 Å². The summed E-state index contributed by atoms with van der Waals surface area (Å²) < 4.78 is 5.57. The van der Waals surface area contributed by atoms with E-state index >= 15 is 0 Å². The number of allylic oxidation sites excluding steroid dienone is 8. The Balaban J connectivity index is 1.97. The maximum absolute atomic E-state index is 13.2. The van der Waals surface area contributed by atoms with E-state index in [1.54, 1.807) is 7.11 Å². The number of ketones is 1. The molecule has 186 valence electrons. The van der Waals surface area contributed by atoms with Crippen LogP contribution in [0.15, 0.2) is 76.7 Å². The predicted molar refractivity (Wildman–Crippen MR) is 144 cm³/mol. The normalized spacial score (nSPS) is 19.3. The van der Waals surface area contributed by atoms with Gasteiger partial charge in [0.1, 0.15) is 0 Å². The van der Waals surface area contributed by atoms with Gasteiger partial charge in [0.2, 0.25) is 5.78 Å². The van der Waals surface area contributed by atoms with Crippen LogP contribution in [-0.4, -0.2) is 12.9 Å². The largest absolute Gasteiger partial charge is 0.491 e. The number of nitrogens with one attached hydrogen (secondary N) is 1. The van der Waals surface area contributed by atoms with E-state index in [4.69, 9.17) is 4.74 Å². The number of benzene rings is 1. The zero-order chi connectivity index (χ0) is 24.9. The lowest BCUT2D eigenvalue weighted by atomic mass is 9.76. The summed E-state index contributed by atoms with van der Waals surface area (Å²) in [7, 11) is 1.61.